The first-order valence-corrected chi connectivity index (χ1v) is 11.7. The molecule has 174 valence electrons. The SMILES string of the molecule is CC(=O)N1CCn2c(nc3c(N4CCOCC4)cc(-n4ccc(-c5cccc(C)c5)n4)nc32)C1. The van der Waals surface area contributed by atoms with E-state index in [9.17, 15) is 4.79 Å². The Hall–Kier alpha value is -3.72. The molecule has 0 bridgehead atoms. The van der Waals surface area contributed by atoms with E-state index in [1.807, 2.05) is 27.9 Å². The Morgan fingerprint density at radius 1 is 1.03 bits per heavy atom. The van der Waals surface area contributed by atoms with Crippen molar-refractivity contribution in [3.63, 3.8) is 0 Å². The van der Waals surface area contributed by atoms with Crippen LogP contribution in [0.1, 0.15) is 18.3 Å². The van der Waals surface area contributed by atoms with Crippen LogP contribution in [0.3, 0.4) is 0 Å². The monoisotopic (exact) mass is 457 g/mol. The summed E-state index contributed by atoms with van der Waals surface area (Å²) in [5.41, 5.74) is 5.94. The third-order valence-corrected chi connectivity index (χ3v) is 6.61. The summed E-state index contributed by atoms with van der Waals surface area (Å²) in [6, 6.07) is 12.4. The van der Waals surface area contributed by atoms with Crippen molar-refractivity contribution in [1.29, 1.82) is 0 Å². The van der Waals surface area contributed by atoms with E-state index in [0.717, 1.165) is 52.8 Å². The summed E-state index contributed by atoms with van der Waals surface area (Å²) in [5, 5.41) is 4.85. The average Bonchev–Trinajstić information content (AvgIpc) is 3.49. The molecule has 5 heterocycles. The van der Waals surface area contributed by atoms with Crippen LogP contribution in [-0.2, 0) is 22.6 Å². The molecule has 9 heteroatoms. The van der Waals surface area contributed by atoms with Gasteiger partial charge in [0.25, 0.3) is 0 Å². The number of amides is 1. The van der Waals surface area contributed by atoms with Crippen LogP contribution in [0, 0.1) is 6.92 Å². The molecule has 0 saturated carbocycles. The highest BCUT2D eigenvalue weighted by molar-refractivity contribution is 5.88. The van der Waals surface area contributed by atoms with E-state index < -0.39 is 0 Å². The molecule has 0 spiro atoms. The van der Waals surface area contributed by atoms with Crippen molar-refractivity contribution in [2.75, 3.05) is 37.7 Å². The number of aryl methyl sites for hydroxylation is 1. The summed E-state index contributed by atoms with van der Waals surface area (Å²) >= 11 is 0. The van der Waals surface area contributed by atoms with Crippen molar-refractivity contribution < 1.29 is 9.53 Å². The molecule has 4 aromatic rings. The Labute approximate surface area is 197 Å². The Morgan fingerprint density at radius 3 is 2.68 bits per heavy atom. The van der Waals surface area contributed by atoms with Crippen LogP contribution in [0.25, 0.3) is 28.2 Å². The van der Waals surface area contributed by atoms with E-state index >= 15 is 0 Å². The van der Waals surface area contributed by atoms with Crippen LogP contribution in [-0.4, -0.2) is 68.0 Å². The molecule has 0 N–H and O–H groups in total. The standard InChI is InChI=1S/C25H27N7O2/c1-17-4-3-5-19(14-17)20-6-7-32(28-20)22-15-21(29-10-12-34-13-11-29)24-25(27-22)31-9-8-30(18(2)33)16-23(31)26-24/h3-7,14-15H,8-13,16H2,1-2H3. The Balaban J connectivity index is 1.47. The summed E-state index contributed by atoms with van der Waals surface area (Å²) in [6.45, 7) is 8.50. The molecule has 1 fully saturated rings. The fourth-order valence-corrected chi connectivity index (χ4v) is 4.77. The molecule has 2 aliphatic heterocycles. The molecule has 0 radical (unpaired) electrons. The molecule has 6 rings (SSSR count). The van der Waals surface area contributed by atoms with Crippen molar-refractivity contribution >= 4 is 22.8 Å². The number of nitrogens with zero attached hydrogens (tertiary/aromatic N) is 7. The zero-order chi connectivity index (χ0) is 23.2. The predicted molar refractivity (Wildman–Crippen MR) is 129 cm³/mol. The molecular formula is C25H27N7O2. The second-order valence-electron chi connectivity index (χ2n) is 8.91. The number of hydrogen-bond acceptors (Lipinski definition) is 6. The summed E-state index contributed by atoms with van der Waals surface area (Å²) in [6.07, 6.45) is 1.96. The topological polar surface area (TPSA) is 81.3 Å². The van der Waals surface area contributed by atoms with Crippen LogP contribution in [0.5, 0.6) is 0 Å². The third kappa shape index (κ3) is 3.62. The van der Waals surface area contributed by atoms with Gasteiger partial charge in [-0.3, -0.25) is 4.79 Å². The predicted octanol–water partition coefficient (Wildman–Crippen LogP) is 2.79. The highest BCUT2D eigenvalue weighted by Crippen LogP contribution is 2.31. The summed E-state index contributed by atoms with van der Waals surface area (Å²) in [7, 11) is 0. The minimum absolute atomic E-state index is 0.0700. The number of rotatable bonds is 3. The van der Waals surface area contributed by atoms with E-state index in [1.54, 1.807) is 6.92 Å². The molecule has 0 aliphatic carbocycles. The number of morpholine rings is 1. The molecule has 1 saturated heterocycles. The van der Waals surface area contributed by atoms with Crippen LogP contribution < -0.4 is 4.90 Å². The fraction of sp³-hybridized carbons (Fsp3) is 0.360. The molecule has 9 nitrogen and oxygen atoms in total. The van der Waals surface area contributed by atoms with Crippen LogP contribution in [0.2, 0.25) is 0 Å². The zero-order valence-electron chi connectivity index (χ0n) is 19.4. The molecule has 34 heavy (non-hydrogen) atoms. The number of carbonyl (C=O) groups is 1. The minimum atomic E-state index is 0.0700. The highest BCUT2D eigenvalue weighted by Gasteiger charge is 2.26. The lowest BCUT2D eigenvalue weighted by atomic mass is 10.1. The molecule has 0 atom stereocenters. The summed E-state index contributed by atoms with van der Waals surface area (Å²) in [5.74, 6) is 1.70. The van der Waals surface area contributed by atoms with Crippen molar-refractivity contribution in [2.45, 2.75) is 26.9 Å². The molecule has 1 aromatic carbocycles. The first-order valence-electron chi connectivity index (χ1n) is 11.7. The first kappa shape index (κ1) is 20.9. The van der Waals surface area contributed by atoms with Crippen LogP contribution in [0.4, 0.5) is 5.69 Å². The van der Waals surface area contributed by atoms with Gasteiger partial charge in [0.1, 0.15) is 11.3 Å². The second-order valence-corrected chi connectivity index (χ2v) is 8.91. The molecule has 1 amide bonds. The number of benzene rings is 1. The number of pyridine rings is 1. The van der Waals surface area contributed by atoms with Gasteiger partial charge in [0, 0.05) is 50.9 Å². The minimum Gasteiger partial charge on any atom is -0.378 e. The van der Waals surface area contributed by atoms with Crippen molar-refractivity contribution in [2.24, 2.45) is 0 Å². The van der Waals surface area contributed by atoms with Crippen molar-refractivity contribution in [1.82, 2.24) is 29.2 Å². The van der Waals surface area contributed by atoms with E-state index in [0.29, 0.717) is 32.8 Å². The average molecular weight is 458 g/mol. The molecule has 2 aliphatic rings. The first-order chi connectivity index (χ1) is 16.6. The van der Waals surface area contributed by atoms with Crippen molar-refractivity contribution in [3.8, 4) is 17.1 Å². The number of imidazole rings is 1. The Kier molecular flexibility index (Phi) is 5.06. The van der Waals surface area contributed by atoms with E-state index in [4.69, 9.17) is 19.8 Å². The van der Waals surface area contributed by atoms with Gasteiger partial charge in [0.05, 0.1) is 31.1 Å². The van der Waals surface area contributed by atoms with Gasteiger partial charge in [-0.05, 0) is 19.1 Å². The fourth-order valence-electron chi connectivity index (χ4n) is 4.77. The van der Waals surface area contributed by atoms with Gasteiger partial charge in [-0.1, -0.05) is 23.8 Å². The maximum atomic E-state index is 12.0. The summed E-state index contributed by atoms with van der Waals surface area (Å²) in [4.78, 5) is 26.1. The van der Waals surface area contributed by atoms with Gasteiger partial charge in [-0.25, -0.2) is 14.6 Å². The lowest BCUT2D eigenvalue weighted by Gasteiger charge is -2.29. The smallest absolute Gasteiger partial charge is 0.219 e. The number of carbonyl (C=O) groups excluding carboxylic acids is 1. The maximum Gasteiger partial charge on any atom is 0.219 e. The number of anilines is 1. The van der Waals surface area contributed by atoms with Crippen LogP contribution in [0.15, 0.2) is 42.6 Å². The highest BCUT2D eigenvalue weighted by atomic mass is 16.5. The summed E-state index contributed by atoms with van der Waals surface area (Å²) < 4.78 is 9.57. The lowest BCUT2D eigenvalue weighted by Crippen LogP contribution is -2.37. The molecule has 0 unspecified atom stereocenters. The maximum absolute atomic E-state index is 12.0. The van der Waals surface area contributed by atoms with Gasteiger partial charge in [-0.2, -0.15) is 5.10 Å². The van der Waals surface area contributed by atoms with E-state index in [-0.39, 0.29) is 5.91 Å². The Bertz CT molecular complexity index is 1380. The number of aromatic nitrogens is 5. The van der Waals surface area contributed by atoms with E-state index in [2.05, 4.69) is 40.7 Å². The number of fused-ring (bicyclic) bond motifs is 3. The second kappa shape index (κ2) is 8.25. The quantitative estimate of drug-likeness (QED) is 0.471. The van der Waals surface area contributed by atoms with E-state index in [1.165, 1.54) is 5.56 Å². The number of ether oxygens (including phenoxy) is 1. The van der Waals surface area contributed by atoms with Gasteiger partial charge < -0.3 is 19.1 Å². The molecular weight excluding hydrogens is 430 g/mol. The molecule has 3 aromatic heterocycles. The van der Waals surface area contributed by atoms with Gasteiger partial charge >= 0.3 is 0 Å². The largest absolute Gasteiger partial charge is 0.378 e. The number of hydrogen-bond donors (Lipinski definition) is 0. The van der Waals surface area contributed by atoms with Gasteiger partial charge in [-0.15, -0.1) is 0 Å². The van der Waals surface area contributed by atoms with Crippen LogP contribution >= 0.6 is 0 Å². The Morgan fingerprint density at radius 2 is 1.88 bits per heavy atom. The van der Waals surface area contributed by atoms with Gasteiger partial charge in [0.2, 0.25) is 5.91 Å². The third-order valence-electron chi connectivity index (χ3n) is 6.61. The lowest BCUT2D eigenvalue weighted by molar-refractivity contribution is -0.130. The zero-order valence-corrected chi connectivity index (χ0v) is 19.4. The van der Waals surface area contributed by atoms with Gasteiger partial charge in [0.15, 0.2) is 11.5 Å². The van der Waals surface area contributed by atoms with Crippen molar-refractivity contribution in [3.05, 3.63) is 54.0 Å². The normalized spacial score (nSPS) is 16.2.